The number of methoxy groups -OCH3 is 2. The van der Waals surface area contributed by atoms with E-state index < -0.39 is 53.1 Å². The summed E-state index contributed by atoms with van der Waals surface area (Å²) in [5.41, 5.74) is -2.44. The van der Waals surface area contributed by atoms with E-state index in [9.17, 15) is 26.7 Å². The third-order valence-corrected chi connectivity index (χ3v) is 6.38. The quantitative estimate of drug-likeness (QED) is 0.420. The first-order valence-electron chi connectivity index (χ1n) is 10.1. The van der Waals surface area contributed by atoms with Gasteiger partial charge in [0, 0.05) is 23.6 Å². The van der Waals surface area contributed by atoms with Gasteiger partial charge in [0.15, 0.2) is 22.9 Å². The lowest BCUT2D eigenvalue weighted by Crippen LogP contribution is -2.46. The Kier molecular flexibility index (Phi) is 5.75. The van der Waals surface area contributed by atoms with Gasteiger partial charge in [-0.15, -0.1) is 0 Å². The Labute approximate surface area is 190 Å². The van der Waals surface area contributed by atoms with E-state index in [1.807, 2.05) is 0 Å². The zero-order valence-electron chi connectivity index (χ0n) is 18.5. The van der Waals surface area contributed by atoms with Crippen molar-refractivity contribution in [2.75, 3.05) is 14.2 Å². The molecule has 1 aliphatic heterocycles. The summed E-state index contributed by atoms with van der Waals surface area (Å²) in [6, 6.07) is 3.46. The van der Waals surface area contributed by atoms with E-state index in [2.05, 4.69) is 19.7 Å². The fraction of sp³-hybridized carbons (Fsp3) is 0.409. The van der Waals surface area contributed by atoms with Gasteiger partial charge in [0.05, 0.1) is 19.7 Å². The van der Waals surface area contributed by atoms with Gasteiger partial charge in [-0.2, -0.15) is 17.6 Å². The molecule has 1 aliphatic rings. The number of ether oxygens (including phenoxy) is 3. The van der Waals surface area contributed by atoms with Gasteiger partial charge in [-0.05, 0) is 19.1 Å². The molecular weight excluding hydrogens is 465 g/mol. The van der Waals surface area contributed by atoms with Crippen LogP contribution in [0.15, 0.2) is 24.4 Å². The summed E-state index contributed by atoms with van der Waals surface area (Å²) >= 11 is 0. The molecule has 12 heteroatoms. The van der Waals surface area contributed by atoms with E-state index in [0.717, 1.165) is 27.2 Å². The molecule has 0 amide bonds. The van der Waals surface area contributed by atoms with E-state index in [0.29, 0.717) is 5.52 Å². The van der Waals surface area contributed by atoms with Gasteiger partial charge in [-0.1, -0.05) is 13.0 Å². The number of pyridine rings is 1. The molecule has 0 bridgehead atoms. The molecule has 34 heavy (non-hydrogen) atoms. The molecule has 4 atom stereocenters. The summed E-state index contributed by atoms with van der Waals surface area (Å²) in [6.07, 6.45) is -4.86. The summed E-state index contributed by atoms with van der Waals surface area (Å²) in [6.45, 7) is 2.20. The number of fused-ring (bicyclic) bond motifs is 1. The number of carbonyl (C=O) groups excluding carboxylic acids is 1. The summed E-state index contributed by atoms with van der Waals surface area (Å²) in [7, 11) is 2.24. The van der Waals surface area contributed by atoms with E-state index in [-0.39, 0.29) is 22.6 Å². The lowest BCUT2D eigenvalue weighted by Gasteiger charge is -2.32. The third kappa shape index (κ3) is 3.47. The molecule has 0 unspecified atom stereocenters. The van der Waals surface area contributed by atoms with Crippen molar-refractivity contribution in [1.82, 2.24) is 15.0 Å². The van der Waals surface area contributed by atoms with Gasteiger partial charge in [0.1, 0.15) is 17.4 Å². The number of rotatable bonds is 4. The highest BCUT2D eigenvalue weighted by molar-refractivity contribution is 5.99. The van der Waals surface area contributed by atoms with Crippen molar-refractivity contribution in [2.45, 2.75) is 37.6 Å². The molecule has 182 valence electrons. The molecule has 0 saturated carbocycles. The number of esters is 1. The van der Waals surface area contributed by atoms with Crippen LogP contribution in [0.4, 0.5) is 22.0 Å². The Morgan fingerprint density at radius 3 is 2.53 bits per heavy atom. The van der Waals surface area contributed by atoms with E-state index in [4.69, 9.17) is 9.47 Å². The molecule has 4 rings (SSSR count). The summed E-state index contributed by atoms with van der Waals surface area (Å²) < 4.78 is 86.0. The van der Waals surface area contributed by atoms with Gasteiger partial charge >= 0.3 is 12.1 Å². The average molecular weight is 485 g/mol. The number of nitrogens with one attached hydrogen (secondary N) is 1. The minimum Gasteiger partial charge on any atom is -0.493 e. The second-order valence-electron chi connectivity index (χ2n) is 8.11. The highest BCUT2D eigenvalue weighted by atomic mass is 19.4. The number of hydrogen-bond acceptors (Lipinski definition) is 6. The normalized spacial score (nSPS) is 25.0. The number of H-pyrrole nitrogens is 1. The molecule has 0 spiro atoms. The maximum atomic E-state index is 14.5. The van der Waals surface area contributed by atoms with Crippen molar-refractivity contribution >= 4 is 17.0 Å². The molecule has 0 radical (unpaired) electrons. The topological polar surface area (TPSA) is 86.3 Å². The van der Waals surface area contributed by atoms with Crippen LogP contribution in [0.5, 0.6) is 5.75 Å². The van der Waals surface area contributed by atoms with Gasteiger partial charge < -0.3 is 19.2 Å². The zero-order valence-corrected chi connectivity index (χ0v) is 18.5. The first-order chi connectivity index (χ1) is 15.9. The fourth-order valence-corrected chi connectivity index (χ4v) is 4.38. The van der Waals surface area contributed by atoms with Crippen molar-refractivity contribution in [3.05, 3.63) is 53.1 Å². The molecular formula is C22H20F5N3O4. The first kappa shape index (κ1) is 23.9. The minimum atomic E-state index is -4.80. The summed E-state index contributed by atoms with van der Waals surface area (Å²) in [5.74, 6) is -6.30. The van der Waals surface area contributed by atoms with Gasteiger partial charge in [0.25, 0.3) is 0 Å². The number of alkyl halides is 3. The Balaban J connectivity index is 1.93. The predicted octanol–water partition coefficient (Wildman–Crippen LogP) is 4.84. The molecule has 1 N–H and O–H groups in total. The Morgan fingerprint density at radius 2 is 1.91 bits per heavy atom. The van der Waals surface area contributed by atoms with Crippen LogP contribution in [0.25, 0.3) is 11.0 Å². The number of nitrogens with zero attached hydrogens (tertiary/aromatic N) is 2. The predicted molar refractivity (Wildman–Crippen MR) is 108 cm³/mol. The van der Waals surface area contributed by atoms with Crippen LogP contribution in [0.3, 0.4) is 0 Å². The van der Waals surface area contributed by atoms with Crippen molar-refractivity contribution in [3.63, 3.8) is 0 Å². The SMILES string of the molecule is COC(=O)c1nccc2[nH]c([C@@H]3O[C@@](C)(C(F)(F)F)[C@@H](C)[C@H]3c3ccc(F)c(F)c3OC)nc12. The number of carbonyl (C=O) groups is 1. The highest BCUT2D eigenvalue weighted by Gasteiger charge is 2.65. The van der Waals surface area contributed by atoms with Crippen LogP contribution >= 0.6 is 0 Å². The largest absolute Gasteiger partial charge is 0.493 e. The van der Waals surface area contributed by atoms with Gasteiger partial charge in [0.2, 0.25) is 5.82 Å². The number of hydrogen-bond donors (Lipinski definition) is 1. The monoisotopic (exact) mass is 485 g/mol. The number of halogens is 5. The van der Waals surface area contributed by atoms with Crippen LogP contribution in [0.2, 0.25) is 0 Å². The third-order valence-electron chi connectivity index (χ3n) is 6.38. The molecule has 3 heterocycles. The summed E-state index contributed by atoms with van der Waals surface area (Å²) in [4.78, 5) is 23.2. The number of imidazole rings is 1. The molecule has 3 aromatic rings. The van der Waals surface area contributed by atoms with Crippen LogP contribution in [0.1, 0.15) is 47.7 Å². The molecule has 7 nitrogen and oxygen atoms in total. The Morgan fingerprint density at radius 1 is 1.21 bits per heavy atom. The van der Waals surface area contributed by atoms with Crippen LogP contribution < -0.4 is 4.74 Å². The maximum Gasteiger partial charge on any atom is 0.417 e. The smallest absolute Gasteiger partial charge is 0.417 e. The standard InChI is InChI=1S/C22H20F5N3O4/c1-9-13(10-5-6-11(23)14(24)17(10)32-3)18(34-21(9,2)22(25,26)27)19-29-12-7-8-28-16(15(12)30-19)20(31)33-4/h5-9,13,18H,1-4H3,(H,29,30)/t9-,13-,18+,21+/m0/s1. The van der Waals surface area contributed by atoms with Gasteiger partial charge in [-0.25, -0.2) is 19.2 Å². The Bertz CT molecular complexity index is 1260. The van der Waals surface area contributed by atoms with Crippen LogP contribution in [0, 0.1) is 17.6 Å². The number of benzene rings is 1. The first-order valence-corrected chi connectivity index (χ1v) is 10.1. The number of aromatic nitrogens is 3. The minimum absolute atomic E-state index is 0.0151. The van der Waals surface area contributed by atoms with Crippen molar-refractivity contribution in [2.24, 2.45) is 5.92 Å². The maximum absolute atomic E-state index is 14.5. The fourth-order valence-electron chi connectivity index (χ4n) is 4.38. The molecule has 1 aromatic carbocycles. The second kappa shape index (κ2) is 8.19. The lowest BCUT2D eigenvalue weighted by molar-refractivity contribution is -0.275. The highest BCUT2D eigenvalue weighted by Crippen LogP contribution is 2.59. The van der Waals surface area contributed by atoms with E-state index in [1.165, 1.54) is 25.3 Å². The van der Waals surface area contributed by atoms with Crippen LogP contribution in [-0.2, 0) is 9.47 Å². The van der Waals surface area contributed by atoms with Crippen molar-refractivity contribution < 1.29 is 41.0 Å². The lowest BCUT2D eigenvalue weighted by atomic mass is 9.77. The molecule has 1 fully saturated rings. The van der Waals surface area contributed by atoms with E-state index >= 15 is 0 Å². The second-order valence-corrected chi connectivity index (χ2v) is 8.11. The van der Waals surface area contributed by atoms with E-state index in [1.54, 1.807) is 0 Å². The van der Waals surface area contributed by atoms with Crippen molar-refractivity contribution in [3.8, 4) is 5.75 Å². The van der Waals surface area contributed by atoms with Gasteiger partial charge in [-0.3, -0.25) is 0 Å². The molecule has 0 aliphatic carbocycles. The average Bonchev–Trinajstić information content (AvgIpc) is 3.34. The van der Waals surface area contributed by atoms with Crippen molar-refractivity contribution in [1.29, 1.82) is 0 Å². The summed E-state index contributed by atoms with van der Waals surface area (Å²) in [5, 5.41) is 0. The molecule has 2 aromatic heterocycles. The zero-order chi connectivity index (χ0) is 25.0. The van der Waals surface area contributed by atoms with Crippen LogP contribution in [-0.4, -0.2) is 46.9 Å². The number of aromatic amines is 1. The Hall–Kier alpha value is -3.28. The molecule has 1 saturated heterocycles.